The molecule has 1 heterocycles. The highest BCUT2D eigenvalue weighted by molar-refractivity contribution is 7.89. The molecule has 0 aromatic heterocycles. The number of carbonyl (C=O) groups is 2. The Hall–Kier alpha value is -1.93. The molecule has 7 nitrogen and oxygen atoms in total. The van der Waals surface area contributed by atoms with Crippen molar-refractivity contribution in [3.63, 3.8) is 0 Å². The Bertz CT molecular complexity index is 610. The lowest BCUT2D eigenvalue weighted by Gasteiger charge is -2.05. The largest absolute Gasteiger partial charge is 0.326 e. The van der Waals surface area contributed by atoms with Crippen molar-refractivity contribution in [3.05, 3.63) is 29.8 Å². The van der Waals surface area contributed by atoms with Gasteiger partial charge in [-0.15, -0.1) is 0 Å². The zero-order valence-corrected chi connectivity index (χ0v) is 12.3. The molecular formula is C12H17N3O4S. The molecule has 0 unspecified atom stereocenters. The third kappa shape index (κ3) is 4.04. The quantitative estimate of drug-likeness (QED) is 0.746. The number of benzene rings is 1. The second-order valence-corrected chi connectivity index (χ2v) is 6.01. The molecule has 20 heavy (non-hydrogen) atoms. The van der Waals surface area contributed by atoms with Crippen LogP contribution in [0.2, 0.25) is 0 Å². The van der Waals surface area contributed by atoms with Crippen molar-refractivity contribution in [2.45, 2.75) is 11.8 Å². The fourth-order valence-electron chi connectivity index (χ4n) is 1.47. The number of sulfonamides is 1. The van der Waals surface area contributed by atoms with Gasteiger partial charge in [0.1, 0.15) is 6.54 Å². The smallest absolute Gasteiger partial charge is 0.318 e. The Morgan fingerprint density at radius 3 is 1.85 bits per heavy atom. The van der Waals surface area contributed by atoms with Crippen LogP contribution in [-0.2, 0) is 14.8 Å². The number of nitrogens with two attached hydrogens (primary N) is 1. The van der Waals surface area contributed by atoms with Gasteiger partial charge in [0.25, 0.3) is 0 Å². The Morgan fingerprint density at radius 1 is 1.10 bits per heavy atom. The average Bonchev–Trinajstić information content (AvgIpc) is 2.56. The second kappa shape index (κ2) is 6.02. The number of hydrogen-bond donors (Lipinski definition) is 1. The van der Waals surface area contributed by atoms with Crippen LogP contribution in [-0.4, -0.2) is 50.8 Å². The molecule has 1 aromatic rings. The van der Waals surface area contributed by atoms with Gasteiger partial charge >= 0.3 is 6.03 Å². The van der Waals surface area contributed by atoms with Gasteiger partial charge < -0.3 is 4.90 Å². The number of hydrogen-bond acceptors (Lipinski definition) is 4. The normalized spacial score (nSPS) is 15.2. The van der Waals surface area contributed by atoms with Gasteiger partial charge in [0.2, 0.25) is 15.9 Å². The van der Waals surface area contributed by atoms with E-state index >= 15 is 0 Å². The van der Waals surface area contributed by atoms with E-state index in [1.807, 2.05) is 6.92 Å². The summed E-state index contributed by atoms with van der Waals surface area (Å²) >= 11 is 0. The van der Waals surface area contributed by atoms with Gasteiger partial charge in [-0.1, -0.05) is 17.7 Å². The predicted octanol–water partition coefficient (Wildman–Crippen LogP) is 0.153. The molecule has 2 N–H and O–H groups in total. The van der Waals surface area contributed by atoms with Crippen molar-refractivity contribution < 1.29 is 18.0 Å². The SMILES string of the molecule is CN1CC(=O)N(C)C1=O.Cc1ccc(S(N)(=O)=O)cc1. The number of imide groups is 1. The first-order chi connectivity index (χ1) is 9.12. The van der Waals surface area contributed by atoms with Crippen LogP contribution in [0.5, 0.6) is 0 Å². The molecule has 110 valence electrons. The topological polar surface area (TPSA) is 101 Å². The van der Waals surface area contributed by atoms with Gasteiger partial charge in [0.05, 0.1) is 4.90 Å². The van der Waals surface area contributed by atoms with Crippen LogP contribution in [0.1, 0.15) is 5.56 Å². The number of amides is 3. The first-order valence-electron chi connectivity index (χ1n) is 5.74. The van der Waals surface area contributed by atoms with Crippen molar-refractivity contribution in [2.75, 3.05) is 20.6 Å². The molecule has 0 atom stereocenters. The van der Waals surface area contributed by atoms with Gasteiger partial charge in [0.15, 0.2) is 0 Å². The monoisotopic (exact) mass is 299 g/mol. The van der Waals surface area contributed by atoms with Crippen molar-refractivity contribution in [2.24, 2.45) is 5.14 Å². The van der Waals surface area contributed by atoms with E-state index < -0.39 is 10.0 Å². The lowest BCUT2D eigenvalue weighted by molar-refractivity contribution is -0.124. The summed E-state index contributed by atoms with van der Waals surface area (Å²) < 4.78 is 21.4. The average molecular weight is 299 g/mol. The number of aryl methyl sites for hydroxylation is 1. The third-order valence-corrected chi connectivity index (χ3v) is 3.64. The minimum Gasteiger partial charge on any atom is -0.318 e. The molecule has 1 saturated heterocycles. The first-order valence-corrected chi connectivity index (χ1v) is 7.28. The van der Waals surface area contributed by atoms with Crippen LogP contribution in [0.4, 0.5) is 4.79 Å². The highest BCUT2D eigenvalue weighted by atomic mass is 32.2. The lowest BCUT2D eigenvalue weighted by Crippen LogP contribution is -2.27. The number of nitrogens with zero attached hydrogens (tertiary/aromatic N) is 2. The fraction of sp³-hybridized carbons (Fsp3) is 0.333. The standard InChI is InChI=1S/C7H9NO2S.C5H8N2O2/c1-6-2-4-7(5-3-6)11(8,9)10;1-6-3-4(8)7(2)5(6)9/h2-5H,1H3,(H2,8,9,10);3H2,1-2H3. The number of primary sulfonamides is 1. The van der Waals surface area contributed by atoms with Gasteiger partial charge in [-0.05, 0) is 19.1 Å². The number of urea groups is 1. The molecule has 0 spiro atoms. The van der Waals surface area contributed by atoms with E-state index in [4.69, 9.17) is 5.14 Å². The summed E-state index contributed by atoms with van der Waals surface area (Å²) in [5, 5.41) is 4.88. The van der Waals surface area contributed by atoms with Gasteiger partial charge in [-0.3, -0.25) is 9.69 Å². The van der Waals surface area contributed by atoms with Crippen molar-refractivity contribution >= 4 is 22.0 Å². The highest BCUT2D eigenvalue weighted by Crippen LogP contribution is 2.07. The summed E-state index contributed by atoms with van der Waals surface area (Å²) in [6.07, 6.45) is 0. The number of likely N-dealkylation sites (N-methyl/N-ethyl adjacent to an activating group) is 2. The maximum absolute atomic E-state index is 10.7. The van der Waals surface area contributed by atoms with Crippen LogP contribution >= 0.6 is 0 Å². The molecule has 2 rings (SSSR count). The Labute approximate surface area is 118 Å². The second-order valence-electron chi connectivity index (χ2n) is 4.45. The van der Waals surface area contributed by atoms with E-state index in [0.29, 0.717) is 0 Å². The molecular weight excluding hydrogens is 282 g/mol. The molecule has 1 aromatic carbocycles. The van der Waals surface area contributed by atoms with E-state index in [2.05, 4.69) is 0 Å². The molecule has 0 radical (unpaired) electrons. The van der Waals surface area contributed by atoms with Crippen molar-refractivity contribution in [1.29, 1.82) is 0 Å². The van der Waals surface area contributed by atoms with Crippen molar-refractivity contribution in [3.8, 4) is 0 Å². The van der Waals surface area contributed by atoms with E-state index in [0.717, 1.165) is 10.5 Å². The summed E-state index contributed by atoms with van der Waals surface area (Å²) in [6.45, 7) is 2.10. The van der Waals surface area contributed by atoms with Gasteiger partial charge in [-0.2, -0.15) is 0 Å². The summed E-state index contributed by atoms with van der Waals surface area (Å²) in [5.74, 6) is -0.137. The molecule has 0 bridgehead atoms. The summed E-state index contributed by atoms with van der Waals surface area (Å²) in [6, 6.07) is 6.18. The van der Waals surface area contributed by atoms with E-state index in [-0.39, 0.29) is 23.4 Å². The molecule has 1 fully saturated rings. The van der Waals surface area contributed by atoms with Crippen LogP contribution < -0.4 is 5.14 Å². The van der Waals surface area contributed by atoms with Gasteiger partial charge in [0, 0.05) is 14.1 Å². The Balaban J connectivity index is 0.000000204. The molecule has 3 amide bonds. The van der Waals surface area contributed by atoms with Crippen LogP contribution in [0.15, 0.2) is 29.2 Å². The summed E-state index contributed by atoms with van der Waals surface area (Å²) in [7, 11) is -0.438. The zero-order valence-electron chi connectivity index (χ0n) is 11.5. The van der Waals surface area contributed by atoms with Crippen LogP contribution in [0.25, 0.3) is 0 Å². The molecule has 8 heteroatoms. The molecule has 1 aliphatic rings. The molecule has 1 aliphatic heterocycles. The Kier molecular flexibility index (Phi) is 4.85. The maximum Gasteiger partial charge on any atom is 0.326 e. The summed E-state index contributed by atoms with van der Waals surface area (Å²) in [4.78, 5) is 24.0. The molecule has 0 saturated carbocycles. The minimum atomic E-state index is -3.52. The first kappa shape index (κ1) is 16.1. The number of carbonyl (C=O) groups excluding carboxylic acids is 2. The van der Waals surface area contributed by atoms with Crippen LogP contribution in [0, 0.1) is 6.92 Å². The van der Waals surface area contributed by atoms with E-state index in [1.165, 1.54) is 24.1 Å². The predicted molar refractivity (Wildman–Crippen MR) is 73.3 cm³/mol. The van der Waals surface area contributed by atoms with Crippen molar-refractivity contribution in [1.82, 2.24) is 9.80 Å². The summed E-state index contributed by atoms with van der Waals surface area (Å²) in [5.41, 5.74) is 1.01. The Morgan fingerprint density at radius 2 is 1.60 bits per heavy atom. The zero-order chi connectivity index (χ0) is 15.5. The molecule has 0 aliphatic carbocycles. The maximum atomic E-state index is 10.7. The number of rotatable bonds is 1. The highest BCUT2D eigenvalue weighted by Gasteiger charge is 2.29. The lowest BCUT2D eigenvalue weighted by atomic mass is 10.2. The third-order valence-electron chi connectivity index (χ3n) is 2.71. The fourth-order valence-corrected chi connectivity index (χ4v) is 1.98. The minimum absolute atomic E-state index is 0.137. The van der Waals surface area contributed by atoms with Gasteiger partial charge in [-0.25, -0.2) is 18.4 Å². The van der Waals surface area contributed by atoms with Crippen LogP contribution in [0.3, 0.4) is 0 Å². The van der Waals surface area contributed by atoms with E-state index in [1.54, 1.807) is 19.2 Å². The van der Waals surface area contributed by atoms with E-state index in [9.17, 15) is 18.0 Å².